The molecule has 4 rings (SSSR count). The lowest BCUT2D eigenvalue weighted by molar-refractivity contribution is -0.384. The average Bonchev–Trinajstić information content (AvgIpc) is 3.08. The van der Waals surface area contributed by atoms with Gasteiger partial charge in [0.1, 0.15) is 30.2 Å². The standard InChI is InChI=1S/C35H43N5O7/c1-22(2)38-20-29(21-46-28-12-10-24(11-13-28)8-9-25-14-16-37-17-15-25)47-35(42)31-23(3)39-30(19-36)33(34(41)45-4)32(31)26-6-5-7-27(18-26)40(43)44/h5-7,10-13,18,22,25,29,32,37-39H,8-9,14-17,20-21H2,1-4H3. The molecule has 12 nitrogen and oxygen atoms in total. The summed E-state index contributed by atoms with van der Waals surface area (Å²) < 4.78 is 17.0. The van der Waals surface area contributed by atoms with Crippen LogP contribution in [0.1, 0.15) is 57.1 Å². The van der Waals surface area contributed by atoms with Crippen LogP contribution in [-0.2, 0) is 25.5 Å². The second kappa shape index (κ2) is 16.7. The van der Waals surface area contributed by atoms with Crippen LogP contribution in [0, 0.1) is 27.4 Å². The molecular formula is C35H43N5O7. The van der Waals surface area contributed by atoms with Gasteiger partial charge in [0.2, 0.25) is 0 Å². The Morgan fingerprint density at radius 2 is 1.83 bits per heavy atom. The Balaban J connectivity index is 1.54. The lowest BCUT2D eigenvalue weighted by Gasteiger charge is -2.30. The van der Waals surface area contributed by atoms with Crippen molar-refractivity contribution in [2.45, 2.75) is 64.5 Å². The zero-order valence-electron chi connectivity index (χ0n) is 27.3. The Morgan fingerprint density at radius 1 is 1.11 bits per heavy atom. The summed E-state index contributed by atoms with van der Waals surface area (Å²) in [5.74, 6) is -1.40. The number of rotatable bonds is 14. The fourth-order valence-corrected chi connectivity index (χ4v) is 5.87. The van der Waals surface area contributed by atoms with Gasteiger partial charge in [-0.3, -0.25) is 10.1 Å². The third-order valence-electron chi connectivity index (χ3n) is 8.40. The highest BCUT2D eigenvalue weighted by atomic mass is 16.6. The van der Waals surface area contributed by atoms with Crippen molar-refractivity contribution in [3.63, 3.8) is 0 Å². The third-order valence-corrected chi connectivity index (χ3v) is 8.40. The number of piperidine rings is 1. The number of aryl methyl sites for hydroxylation is 1. The fraction of sp³-hybridized carbons (Fsp3) is 0.457. The molecule has 0 saturated carbocycles. The van der Waals surface area contributed by atoms with E-state index in [1.165, 1.54) is 36.6 Å². The maximum Gasteiger partial charge on any atom is 0.337 e. The number of carbonyl (C=O) groups excluding carboxylic acids is 2. The number of esters is 2. The number of benzene rings is 2. The molecule has 250 valence electrons. The number of dihydropyridines is 1. The molecular weight excluding hydrogens is 602 g/mol. The average molecular weight is 646 g/mol. The van der Waals surface area contributed by atoms with E-state index in [0.717, 1.165) is 39.0 Å². The minimum Gasteiger partial charge on any atom is -0.490 e. The molecule has 2 aromatic rings. The number of hydrogen-bond donors (Lipinski definition) is 3. The molecule has 2 aliphatic heterocycles. The summed E-state index contributed by atoms with van der Waals surface area (Å²) >= 11 is 0. The molecule has 2 aromatic carbocycles. The van der Waals surface area contributed by atoms with Gasteiger partial charge in [0, 0.05) is 30.4 Å². The van der Waals surface area contributed by atoms with E-state index in [9.17, 15) is 25.0 Å². The van der Waals surface area contributed by atoms with E-state index in [1.54, 1.807) is 13.0 Å². The van der Waals surface area contributed by atoms with Gasteiger partial charge in [-0.25, -0.2) is 9.59 Å². The fourth-order valence-electron chi connectivity index (χ4n) is 5.87. The molecule has 2 unspecified atom stereocenters. The number of nitro groups is 1. The van der Waals surface area contributed by atoms with E-state index in [-0.39, 0.29) is 53.0 Å². The largest absolute Gasteiger partial charge is 0.490 e. The number of allylic oxidation sites excluding steroid dienone is 2. The van der Waals surface area contributed by atoms with Gasteiger partial charge < -0.3 is 30.2 Å². The highest BCUT2D eigenvalue weighted by Gasteiger charge is 2.40. The Morgan fingerprint density at radius 3 is 2.47 bits per heavy atom. The number of ether oxygens (including phenoxy) is 3. The molecule has 2 atom stereocenters. The monoisotopic (exact) mass is 645 g/mol. The minimum absolute atomic E-state index is 0.0255. The first-order chi connectivity index (χ1) is 22.6. The highest BCUT2D eigenvalue weighted by Crippen LogP contribution is 2.40. The molecule has 2 heterocycles. The second-order valence-electron chi connectivity index (χ2n) is 12.1. The molecule has 12 heteroatoms. The van der Waals surface area contributed by atoms with Crippen LogP contribution in [0.2, 0.25) is 0 Å². The highest BCUT2D eigenvalue weighted by molar-refractivity contribution is 6.00. The van der Waals surface area contributed by atoms with Crippen molar-refractivity contribution in [2.75, 3.05) is 33.4 Å². The third kappa shape index (κ3) is 9.40. The van der Waals surface area contributed by atoms with Crippen molar-refractivity contribution in [1.29, 1.82) is 5.26 Å². The first-order valence-electron chi connectivity index (χ1n) is 15.9. The molecule has 1 fully saturated rings. The van der Waals surface area contributed by atoms with Crippen LogP contribution in [0.5, 0.6) is 5.75 Å². The molecule has 0 radical (unpaired) electrons. The van der Waals surface area contributed by atoms with Crippen LogP contribution >= 0.6 is 0 Å². The van der Waals surface area contributed by atoms with Gasteiger partial charge in [0.25, 0.3) is 5.69 Å². The molecule has 0 bridgehead atoms. The van der Waals surface area contributed by atoms with Crippen molar-refractivity contribution < 1.29 is 28.7 Å². The number of nitro benzene ring substituents is 1. The number of nitriles is 1. The zero-order valence-corrected chi connectivity index (χ0v) is 27.3. The van der Waals surface area contributed by atoms with E-state index in [2.05, 4.69) is 28.1 Å². The van der Waals surface area contributed by atoms with E-state index in [1.807, 2.05) is 32.0 Å². The quantitative estimate of drug-likeness (QED) is 0.151. The summed E-state index contributed by atoms with van der Waals surface area (Å²) in [5, 5.41) is 31.0. The second-order valence-corrected chi connectivity index (χ2v) is 12.1. The van der Waals surface area contributed by atoms with Gasteiger partial charge in [-0.05, 0) is 74.9 Å². The molecule has 0 aromatic heterocycles. The predicted octanol–water partition coefficient (Wildman–Crippen LogP) is 4.43. The summed E-state index contributed by atoms with van der Waals surface area (Å²) in [7, 11) is 1.16. The van der Waals surface area contributed by atoms with Gasteiger partial charge in [0.05, 0.1) is 29.1 Å². The summed E-state index contributed by atoms with van der Waals surface area (Å²) in [6, 6.07) is 15.6. The van der Waals surface area contributed by atoms with Gasteiger partial charge in [-0.15, -0.1) is 0 Å². The van der Waals surface area contributed by atoms with Crippen LogP contribution in [0.4, 0.5) is 5.69 Å². The number of nitrogens with zero attached hydrogens (tertiary/aromatic N) is 2. The summed E-state index contributed by atoms with van der Waals surface area (Å²) in [6.45, 7) is 8.01. The Bertz CT molecular complexity index is 1540. The topological polar surface area (TPSA) is 165 Å². The molecule has 47 heavy (non-hydrogen) atoms. The van der Waals surface area contributed by atoms with Crippen molar-refractivity contribution in [2.24, 2.45) is 5.92 Å². The minimum atomic E-state index is -1.16. The number of non-ortho nitro benzene ring substituents is 1. The number of methoxy groups -OCH3 is 1. The SMILES string of the molecule is COC(=O)C1=C(C#N)NC(C)=C(C(=O)OC(CNC(C)C)COc2ccc(CCC3CCNCC3)cc2)C1c1cccc([N+](=O)[O-])c1. The predicted molar refractivity (Wildman–Crippen MR) is 175 cm³/mol. The molecule has 3 N–H and O–H groups in total. The zero-order chi connectivity index (χ0) is 33.9. The molecule has 2 aliphatic rings. The first-order valence-corrected chi connectivity index (χ1v) is 15.9. The Labute approximate surface area is 275 Å². The smallest absolute Gasteiger partial charge is 0.337 e. The number of hydrogen-bond acceptors (Lipinski definition) is 11. The molecule has 0 aliphatic carbocycles. The molecule has 1 saturated heterocycles. The van der Waals surface area contributed by atoms with Crippen LogP contribution in [0.3, 0.4) is 0 Å². The maximum atomic E-state index is 14.0. The van der Waals surface area contributed by atoms with Gasteiger partial charge in [-0.1, -0.05) is 38.1 Å². The summed E-state index contributed by atoms with van der Waals surface area (Å²) in [5.41, 5.74) is 1.28. The Hall–Kier alpha value is -4.73. The van der Waals surface area contributed by atoms with Gasteiger partial charge in [-0.2, -0.15) is 5.26 Å². The summed E-state index contributed by atoms with van der Waals surface area (Å²) in [4.78, 5) is 38.0. The lowest BCUT2D eigenvalue weighted by atomic mass is 9.80. The molecule has 0 amide bonds. The van der Waals surface area contributed by atoms with Crippen LogP contribution in [0.15, 0.2) is 71.1 Å². The van der Waals surface area contributed by atoms with Crippen molar-refractivity contribution in [3.05, 3.63) is 92.3 Å². The summed E-state index contributed by atoms with van der Waals surface area (Å²) in [6.07, 6.45) is 3.85. The van der Waals surface area contributed by atoms with Crippen molar-refractivity contribution in [1.82, 2.24) is 16.0 Å². The van der Waals surface area contributed by atoms with Gasteiger partial charge >= 0.3 is 11.9 Å². The van der Waals surface area contributed by atoms with Gasteiger partial charge in [0.15, 0.2) is 0 Å². The number of carbonyl (C=O) groups is 2. The van der Waals surface area contributed by atoms with E-state index in [4.69, 9.17) is 14.2 Å². The lowest BCUT2D eigenvalue weighted by Crippen LogP contribution is -2.40. The first kappa shape index (κ1) is 35.1. The normalized spacial score (nSPS) is 17.5. The van der Waals surface area contributed by atoms with Crippen molar-refractivity contribution in [3.8, 4) is 11.8 Å². The van der Waals surface area contributed by atoms with Crippen LogP contribution in [-0.4, -0.2) is 62.4 Å². The van der Waals surface area contributed by atoms with Crippen LogP contribution in [0.25, 0.3) is 0 Å². The maximum absolute atomic E-state index is 14.0. The van der Waals surface area contributed by atoms with E-state index >= 15 is 0 Å². The Kier molecular flexibility index (Phi) is 12.5. The van der Waals surface area contributed by atoms with Crippen molar-refractivity contribution >= 4 is 17.6 Å². The number of nitrogens with one attached hydrogen (secondary N) is 3. The van der Waals surface area contributed by atoms with E-state index < -0.39 is 28.9 Å². The van der Waals surface area contributed by atoms with E-state index in [0.29, 0.717) is 5.75 Å². The van der Waals surface area contributed by atoms with Crippen LogP contribution < -0.4 is 20.7 Å². The molecule has 0 spiro atoms.